The van der Waals surface area contributed by atoms with Crippen molar-refractivity contribution in [2.75, 3.05) is 14.2 Å². The van der Waals surface area contributed by atoms with Crippen molar-refractivity contribution < 1.29 is 9.53 Å². The molecule has 4 heteroatoms. The molecular formula is C14H18N2O2. The first-order valence-corrected chi connectivity index (χ1v) is 6.04. The zero-order valence-corrected chi connectivity index (χ0v) is 10.8. The predicted octanol–water partition coefficient (Wildman–Crippen LogP) is 1.92. The predicted molar refractivity (Wildman–Crippen MR) is 71.3 cm³/mol. The van der Waals surface area contributed by atoms with E-state index in [2.05, 4.69) is 38.9 Å². The zero-order valence-electron chi connectivity index (χ0n) is 10.8. The molecule has 4 nitrogen and oxygen atoms in total. The number of hydrogen-bond donors (Lipinski definition) is 1. The van der Waals surface area contributed by atoms with Crippen LogP contribution in [-0.2, 0) is 22.6 Å². The molecule has 1 aromatic carbocycles. The minimum atomic E-state index is -0.177. The molecule has 0 saturated heterocycles. The Morgan fingerprint density at radius 3 is 2.94 bits per heavy atom. The van der Waals surface area contributed by atoms with Gasteiger partial charge < -0.3 is 14.6 Å². The lowest BCUT2D eigenvalue weighted by atomic mass is 10.1. The minimum Gasteiger partial charge on any atom is -0.469 e. The molecule has 0 aliphatic carbocycles. The third kappa shape index (κ3) is 2.71. The Kier molecular flexibility index (Phi) is 3.99. The number of hydrogen-bond acceptors (Lipinski definition) is 3. The second-order valence-electron chi connectivity index (χ2n) is 4.26. The molecule has 0 atom stereocenters. The lowest BCUT2D eigenvalue weighted by Gasteiger charge is -2.05. The van der Waals surface area contributed by atoms with Gasteiger partial charge in [0.05, 0.1) is 13.5 Å². The van der Waals surface area contributed by atoms with E-state index in [0.717, 1.165) is 12.1 Å². The van der Waals surface area contributed by atoms with Crippen LogP contribution in [0.25, 0.3) is 10.9 Å². The van der Waals surface area contributed by atoms with Crippen LogP contribution in [0.2, 0.25) is 0 Å². The molecule has 18 heavy (non-hydrogen) atoms. The average Bonchev–Trinajstić information content (AvgIpc) is 2.79. The van der Waals surface area contributed by atoms with Crippen molar-refractivity contribution in [2.24, 2.45) is 0 Å². The van der Waals surface area contributed by atoms with Crippen LogP contribution < -0.4 is 5.32 Å². The van der Waals surface area contributed by atoms with Crippen molar-refractivity contribution >= 4 is 16.9 Å². The average molecular weight is 246 g/mol. The fraction of sp³-hybridized carbons (Fsp3) is 0.357. The van der Waals surface area contributed by atoms with Gasteiger partial charge in [-0.25, -0.2) is 0 Å². The monoisotopic (exact) mass is 246 g/mol. The topological polar surface area (TPSA) is 43.3 Å². The normalized spacial score (nSPS) is 10.8. The largest absolute Gasteiger partial charge is 0.469 e. The number of nitrogens with zero attached hydrogens (tertiary/aromatic N) is 1. The van der Waals surface area contributed by atoms with Crippen molar-refractivity contribution in [3.05, 3.63) is 36.0 Å². The maximum Gasteiger partial charge on any atom is 0.307 e. The van der Waals surface area contributed by atoms with Crippen LogP contribution in [0.1, 0.15) is 12.0 Å². The van der Waals surface area contributed by atoms with Crippen LogP contribution in [0.4, 0.5) is 0 Å². The highest BCUT2D eigenvalue weighted by Gasteiger charge is 2.05. The number of rotatable bonds is 5. The van der Waals surface area contributed by atoms with Crippen molar-refractivity contribution in [1.29, 1.82) is 0 Å². The molecule has 1 aromatic heterocycles. The van der Waals surface area contributed by atoms with Crippen LogP contribution >= 0.6 is 0 Å². The van der Waals surface area contributed by atoms with Gasteiger partial charge in [0.25, 0.3) is 0 Å². The summed E-state index contributed by atoms with van der Waals surface area (Å²) in [5, 5.41) is 4.34. The number of benzene rings is 1. The van der Waals surface area contributed by atoms with E-state index < -0.39 is 0 Å². The summed E-state index contributed by atoms with van der Waals surface area (Å²) in [6.45, 7) is 1.52. The van der Waals surface area contributed by atoms with Gasteiger partial charge in [0, 0.05) is 24.8 Å². The first-order valence-electron chi connectivity index (χ1n) is 6.04. The molecule has 2 aromatic rings. The lowest BCUT2D eigenvalue weighted by Crippen LogP contribution is -2.06. The van der Waals surface area contributed by atoms with Gasteiger partial charge >= 0.3 is 5.97 Å². The van der Waals surface area contributed by atoms with Crippen molar-refractivity contribution in [3.8, 4) is 0 Å². The van der Waals surface area contributed by atoms with Gasteiger partial charge in [-0.1, -0.05) is 6.07 Å². The Bertz CT molecular complexity index is 546. The third-order valence-electron chi connectivity index (χ3n) is 3.00. The number of esters is 1. The Labute approximate surface area is 107 Å². The van der Waals surface area contributed by atoms with Crippen LogP contribution in [0.5, 0.6) is 0 Å². The molecule has 96 valence electrons. The van der Waals surface area contributed by atoms with E-state index in [-0.39, 0.29) is 5.97 Å². The summed E-state index contributed by atoms with van der Waals surface area (Å²) < 4.78 is 6.73. The molecule has 0 bridgehead atoms. The van der Waals surface area contributed by atoms with Gasteiger partial charge in [0.2, 0.25) is 0 Å². The summed E-state index contributed by atoms with van der Waals surface area (Å²) >= 11 is 0. The van der Waals surface area contributed by atoms with Gasteiger partial charge in [-0.05, 0) is 36.2 Å². The molecule has 0 aliphatic rings. The molecule has 0 spiro atoms. The van der Waals surface area contributed by atoms with E-state index in [9.17, 15) is 4.79 Å². The molecule has 0 amide bonds. The number of methoxy groups -OCH3 is 1. The molecule has 2 rings (SSSR count). The van der Waals surface area contributed by atoms with Gasteiger partial charge in [-0.15, -0.1) is 0 Å². The van der Waals surface area contributed by atoms with E-state index >= 15 is 0 Å². The fourth-order valence-electron chi connectivity index (χ4n) is 2.07. The highest BCUT2D eigenvalue weighted by atomic mass is 16.5. The summed E-state index contributed by atoms with van der Waals surface area (Å²) in [6, 6.07) is 8.44. The Hall–Kier alpha value is -1.81. The third-order valence-corrected chi connectivity index (χ3v) is 3.00. The van der Waals surface area contributed by atoms with Crippen LogP contribution in [0.15, 0.2) is 30.5 Å². The highest BCUT2D eigenvalue weighted by Crippen LogP contribution is 2.18. The molecule has 0 aliphatic heterocycles. The standard InChI is InChI=1S/C14H18N2O2/c1-15-10-11-3-4-13-12(9-11)5-7-16(13)8-6-14(17)18-2/h3-5,7,9,15H,6,8,10H2,1-2H3. The van der Waals surface area contributed by atoms with Gasteiger partial charge in [0.1, 0.15) is 0 Å². The first kappa shape index (κ1) is 12.6. The van der Waals surface area contributed by atoms with E-state index in [0.29, 0.717) is 13.0 Å². The Balaban J connectivity index is 2.18. The quantitative estimate of drug-likeness (QED) is 0.820. The Morgan fingerprint density at radius 1 is 1.39 bits per heavy atom. The first-order chi connectivity index (χ1) is 8.74. The summed E-state index contributed by atoms with van der Waals surface area (Å²) in [4.78, 5) is 11.1. The fourth-order valence-corrected chi connectivity index (χ4v) is 2.07. The van der Waals surface area contributed by atoms with Gasteiger partial charge in [-0.3, -0.25) is 4.79 Å². The van der Waals surface area contributed by atoms with E-state index in [1.165, 1.54) is 18.1 Å². The van der Waals surface area contributed by atoms with Crippen molar-refractivity contribution in [1.82, 2.24) is 9.88 Å². The van der Waals surface area contributed by atoms with Crippen LogP contribution in [0.3, 0.4) is 0 Å². The number of carbonyl (C=O) groups excluding carboxylic acids is 1. The molecule has 0 fully saturated rings. The minimum absolute atomic E-state index is 0.177. The maximum atomic E-state index is 11.1. The molecular weight excluding hydrogens is 228 g/mol. The highest BCUT2D eigenvalue weighted by molar-refractivity contribution is 5.81. The molecule has 0 radical (unpaired) electrons. The van der Waals surface area contributed by atoms with Crippen molar-refractivity contribution in [3.63, 3.8) is 0 Å². The van der Waals surface area contributed by atoms with Crippen LogP contribution in [0, 0.1) is 0 Å². The second-order valence-corrected chi connectivity index (χ2v) is 4.26. The second kappa shape index (κ2) is 5.69. The summed E-state index contributed by atoms with van der Waals surface area (Å²) in [5.41, 5.74) is 2.41. The molecule has 1 N–H and O–H groups in total. The Morgan fingerprint density at radius 2 is 2.22 bits per heavy atom. The number of aryl methyl sites for hydroxylation is 1. The zero-order chi connectivity index (χ0) is 13.0. The van der Waals surface area contributed by atoms with Gasteiger partial charge in [0.15, 0.2) is 0 Å². The summed E-state index contributed by atoms with van der Waals surface area (Å²) in [7, 11) is 3.35. The van der Waals surface area contributed by atoms with E-state index in [1.54, 1.807) is 0 Å². The molecule has 0 saturated carbocycles. The molecule has 1 heterocycles. The van der Waals surface area contributed by atoms with Crippen LogP contribution in [-0.4, -0.2) is 24.7 Å². The van der Waals surface area contributed by atoms with Gasteiger partial charge in [-0.2, -0.15) is 0 Å². The maximum absolute atomic E-state index is 11.1. The summed E-state index contributed by atoms with van der Waals surface area (Å²) in [6.07, 6.45) is 2.41. The van der Waals surface area contributed by atoms with Crippen molar-refractivity contribution in [2.45, 2.75) is 19.5 Å². The van der Waals surface area contributed by atoms with E-state index in [1.807, 2.05) is 13.2 Å². The SMILES string of the molecule is CNCc1ccc2c(ccn2CCC(=O)OC)c1. The molecule has 0 unspecified atom stereocenters. The lowest BCUT2D eigenvalue weighted by molar-refractivity contribution is -0.140. The summed E-state index contributed by atoms with van der Waals surface area (Å²) in [5.74, 6) is -0.177. The number of nitrogens with one attached hydrogen (secondary N) is 1. The number of carbonyl (C=O) groups is 1. The number of aromatic nitrogens is 1. The van der Waals surface area contributed by atoms with E-state index in [4.69, 9.17) is 0 Å². The smallest absolute Gasteiger partial charge is 0.307 e. The number of ether oxygens (including phenoxy) is 1. The number of fused-ring (bicyclic) bond motifs is 1.